The first kappa shape index (κ1) is 15.0. The molecule has 0 radical (unpaired) electrons. The number of nitrogens with zero attached hydrogens (tertiary/aromatic N) is 1. The van der Waals surface area contributed by atoms with Gasteiger partial charge >= 0.3 is 0 Å². The topological polar surface area (TPSA) is 40.5 Å². The number of Topliss-reactive ketones (excluding diaryl/α,β-unsaturated/α-hetero) is 1. The number of unbranched alkanes of at least 4 members (excludes halogenated alkanes) is 1. The molecule has 1 aromatic rings. The minimum atomic E-state index is -0.0954. The minimum Gasteiger partial charge on any atom is -0.508 e. The lowest BCUT2D eigenvalue weighted by molar-refractivity contribution is -0.123. The molecule has 3 heteroatoms. The van der Waals surface area contributed by atoms with Crippen LogP contribution in [-0.2, 0) is 10.3 Å². The van der Waals surface area contributed by atoms with Crippen molar-refractivity contribution in [2.24, 2.45) is 0 Å². The van der Waals surface area contributed by atoms with E-state index >= 15 is 0 Å². The lowest BCUT2D eigenvalue weighted by Gasteiger charge is -2.45. The average molecular weight is 275 g/mol. The number of hydrogen-bond acceptors (Lipinski definition) is 3. The summed E-state index contributed by atoms with van der Waals surface area (Å²) in [6.45, 7) is 3.22. The Morgan fingerprint density at radius 2 is 2.00 bits per heavy atom. The second-order valence-corrected chi connectivity index (χ2v) is 5.90. The number of hydrogen-bond donors (Lipinski definition) is 1. The van der Waals surface area contributed by atoms with Gasteiger partial charge in [0, 0.05) is 18.4 Å². The van der Waals surface area contributed by atoms with Gasteiger partial charge in [-0.05, 0) is 50.6 Å². The molecule has 1 aliphatic carbocycles. The van der Waals surface area contributed by atoms with Gasteiger partial charge in [-0.15, -0.1) is 0 Å². The van der Waals surface area contributed by atoms with Crippen LogP contribution in [0.4, 0.5) is 0 Å². The van der Waals surface area contributed by atoms with Gasteiger partial charge in [0.2, 0.25) is 0 Å². The van der Waals surface area contributed by atoms with Crippen LogP contribution in [0.5, 0.6) is 5.75 Å². The molecule has 20 heavy (non-hydrogen) atoms. The van der Waals surface area contributed by atoms with Crippen LogP contribution in [-0.4, -0.2) is 29.4 Å². The molecular formula is C17H25NO2. The fourth-order valence-electron chi connectivity index (χ4n) is 3.24. The molecule has 1 aliphatic rings. The lowest BCUT2D eigenvalue weighted by Crippen LogP contribution is -2.47. The van der Waals surface area contributed by atoms with Gasteiger partial charge in [0.1, 0.15) is 11.5 Å². The van der Waals surface area contributed by atoms with Gasteiger partial charge in [-0.2, -0.15) is 0 Å². The molecule has 0 amide bonds. The van der Waals surface area contributed by atoms with Crippen LogP contribution in [0.1, 0.15) is 51.0 Å². The van der Waals surface area contributed by atoms with E-state index in [9.17, 15) is 9.90 Å². The van der Waals surface area contributed by atoms with E-state index in [4.69, 9.17) is 0 Å². The fourth-order valence-corrected chi connectivity index (χ4v) is 3.24. The third kappa shape index (κ3) is 3.04. The van der Waals surface area contributed by atoms with Crippen LogP contribution in [0.3, 0.4) is 0 Å². The Kier molecular flexibility index (Phi) is 4.81. The first-order valence-electron chi connectivity index (χ1n) is 7.61. The van der Waals surface area contributed by atoms with Crippen molar-refractivity contribution in [2.45, 2.75) is 51.0 Å². The standard InChI is InChI=1S/C17H25NO2/c1-3-4-12-18(2)17(10-8-15(19)9-11-17)14-6-5-7-16(20)13-14/h5-7,13,20H,3-4,8-12H2,1-2H3. The lowest BCUT2D eigenvalue weighted by atomic mass is 9.75. The normalized spacial score (nSPS) is 18.4. The van der Waals surface area contributed by atoms with E-state index in [1.807, 2.05) is 12.1 Å². The first-order chi connectivity index (χ1) is 9.58. The minimum absolute atomic E-state index is 0.0954. The van der Waals surface area contributed by atoms with Crippen LogP contribution >= 0.6 is 0 Å². The Morgan fingerprint density at radius 3 is 2.60 bits per heavy atom. The predicted octanol–water partition coefficient (Wildman–Crippen LogP) is 3.46. The number of aromatic hydroxyl groups is 1. The zero-order valence-electron chi connectivity index (χ0n) is 12.6. The molecule has 0 atom stereocenters. The zero-order chi connectivity index (χ0) is 14.6. The molecule has 0 aromatic heterocycles. The SMILES string of the molecule is CCCCN(C)C1(c2cccc(O)c2)CCC(=O)CC1. The summed E-state index contributed by atoms with van der Waals surface area (Å²) in [5.74, 6) is 0.673. The van der Waals surface area contributed by atoms with E-state index in [1.165, 1.54) is 6.42 Å². The molecule has 1 N–H and O–H groups in total. The highest BCUT2D eigenvalue weighted by molar-refractivity contribution is 5.79. The summed E-state index contributed by atoms with van der Waals surface area (Å²) in [5, 5.41) is 9.78. The van der Waals surface area contributed by atoms with Gasteiger partial charge in [0.25, 0.3) is 0 Å². The van der Waals surface area contributed by atoms with E-state index in [2.05, 4.69) is 24.9 Å². The zero-order valence-corrected chi connectivity index (χ0v) is 12.6. The van der Waals surface area contributed by atoms with E-state index in [-0.39, 0.29) is 5.54 Å². The molecule has 1 aromatic carbocycles. The number of phenols is 1. The summed E-state index contributed by atoms with van der Waals surface area (Å²) >= 11 is 0. The summed E-state index contributed by atoms with van der Waals surface area (Å²) < 4.78 is 0. The Hall–Kier alpha value is -1.35. The number of carbonyl (C=O) groups excluding carboxylic acids is 1. The molecule has 2 rings (SSSR count). The van der Waals surface area contributed by atoms with Gasteiger partial charge in [-0.25, -0.2) is 0 Å². The molecule has 0 unspecified atom stereocenters. The quantitative estimate of drug-likeness (QED) is 0.894. The molecule has 1 saturated carbocycles. The average Bonchev–Trinajstić information content (AvgIpc) is 2.46. The number of rotatable bonds is 5. The highest BCUT2D eigenvalue weighted by atomic mass is 16.3. The molecule has 0 spiro atoms. The smallest absolute Gasteiger partial charge is 0.133 e. The molecule has 3 nitrogen and oxygen atoms in total. The summed E-state index contributed by atoms with van der Waals surface area (Å²) in [6, 6.07) is 7.55. The van der Waals surface area contributed by atoms with Crippen molar-refractivity contribution in [3.63, 3.8) is 0 Å². The maximum absolute atomic E-state index is 11.6. The number of benzene rings is 1. The molecular weight excluding hydrogens is 250 g/mol. The van der Waals surface area contributed by atoms with Crippen molar-refractivity contribution in [1.29, 1.82) is 0 Å². The van der Waals surface area contributed by atoms with Crippen molar-refractivity contribution in [1.82, 2.24) is 4.90 Å². The summed E-state index contributed by atoms with van der Waals surface area (Å²) in [7, 11) is 2.15. The van der Waals surface area contributed by atoms with Crippen molar-refractivity contribution in [3.05, 3.63) is 29.8 Å². The molecule has 0 saturated heterocycles. The monoisotopic (exact) mass is 275 g/mol. The van der Waals surface area contributed by atoms with Crippen LogP contribution in [0.15, 0.2) is 24.3 Å². The molecule has 0 aliphatic heterocycles. The van der Waals surface area contributed by atoms with Crippen LogP contribution in [0.25, 0.3) is 0 Å². The van der Waals surface area contributed by atoms with E-state index in [0.717, 1.165) is 31.4 Å². The van der Waals surface area contributed by atoms with Crippen molar-refractivity contribution in [3.8, 4) is 5.75 Å². The Bertz CT molecular complexity index is 460. The maximum atomic E-state index is 11.6. The van der Waals surface area contributed by atoms with Gasteiger partial charge < -0.3 is 5.11 Å². The van der Waals surface area contributed by atoms with Crippen molar-refractivity contribution in [2.75, 3.05) is 13.6 Å². The van der Waals surface area contributed by atoms with Crippen LogP contribution < -0.4 is 0 Å². The second-order valence-electron chi connectivity index (χ2n) is 5.90. The van der Waals surface area contributed by atoms with E-state index < -0.39 is 0 Å². The Morgan fingerprint density at radius 1 is 1.30 bits per heavy atom. The highest BCUT2D eigenvalue weighted by Gasteiger charge is 2.39. The molecule has 1 fully saturated rings. The number of ketones is 1. The third-order valence-corrected chi connectivity index (χ3v) is 4.60. The van der Waals surface area contributed by atoms with Gasteiger partial charge in [0.15, 0.2) is 0 Å². The largest absolute Gasteiger partial charge is 0.508 e. The molecule has 0 bridgehead atoms. The van der Waals surface area contributed by atoms with Gasteiger partial charge in [0.05, 0.1) is 0 Å². The summed E-state index contributed by atoms with van der Waals surface area (Å²) in [4.78, 5) is 14.0. The van der Waals surface area contributed by atoms with Gasteiger partial charge in [-0.1, -0.05) is 25.5 Å². The summed E-state index contributed by atoms with van der Waals surface area (Å²) in [6.07, 6.45) is 5.33. The fraction of sp³-hybridized carbons (Fsp3) is 0.588. The maximum Gasteiger partial charge on any atom is 0.133 e. The van der Waals surface area contributed by atoms with E-state index in [1.54, 1.807) is 6.07 Å². The van der Waals surface area contributed by atoms with Crippen molar-refractivity contribution >= 4 is 5.78 Å². The second kappa shape index (κ2) is 6.40. The predicted molar refractivity (Wildman–Crippen MR) is 80.8 cm³/mol. The highest BCUT2D eigenvalue weighted by Crippen LogP contribution is 2.41. The summed E-state index contributed by atoms with van der Waals surface area (Å²) in [5.41, 5.74) is 1.05. The molecule has 110 valence electrons. The third-order valence-electron chi connectivity index (χ3n) is 4.60. The van der Waals surface area contributed by atoms with Crippen molar-refractivity contribution < 1.29 is 9.90 Å². The number of phenolic OH excluding ortho intramolecular Hbond substituents is 1. The number of carbonyl (C=O) groups is 1. The van der Waals surface area contributed by atoms with E-state index in [0.29, 0.717) is 24.4 Å². The first-order valence-corrected chi connectivity index (χ1v) is 7.61. The Balaban J connectivity index is 2.31. The Labute approximate surface area is 121 Å². The van der Waals surface area contributed by atoms with Crippen LogP contribution in [0.2, 0.25) is 0 Å². The van der Waals surface area contributed by atoms with Gasteiger partial charge in [-0.3, -0.25) is 9.69 Å². The van der Waals surface area contributed by atoms with Crippen LogP contribution in [0, 0.1) is 0 Å². The molecule has 0 heterocycles.